The van der Waals surface area contributed by atoms with Crippen LogP contribution in [0.15, 0.2) is 48.5 Å². The first-order valence-electron chi connectivity index (χ1n) is 8.00. The number of benzene rings is 2. The van der Waals surface area contributed by atoms with E-state index in [-0.39, 0.29) is 11.3 Å². The Balaban J connectivity index is 1.82. The van der Waals surface area contributed by atoms with Crippen molar-refractivity contribution in [1.29, 1.82) is 0 Å². The molecule has 0 heterocycles. The molecule has 2 aromatic carbocycles. The standard InChI is InChI=1S/C20H22ClNO/c1-19(2,3)14-8-10-15(11-9-14)20(12-13-20)18(23)22-17-7-5-4-6-16(17)21/h4-11H,12-13H2,1-3H3,(H,22,23). The highest BCUT2D eigenvalue weighted by molar-refractivity contribution is 6.33. The summed E-state index contributed by atoms with van der Waals surface area (Å²) in [5.74, 6) is 0.0362. The van der Waals surface area contributed by atoms with Gasteiger partial charge in [-0.05, 0) is 41.5 Å². The zero-order chi connectivity index (χ0) is 16.7. The molecule has 0 unspecified atom stereocenters. The SMILES string of the molecule is CC(C)(C)c1ccc(C2(C(=O)Nc3ccccc3Cl)CC2)cc1. The second-order valence-corrected chi connectivity index (χ2v) is 7.75. The lowest BCUT2D eigenvalue weighted by Crippen LogP contribution is -2.28. The Morgan fingerprint density at radius 1 is 1.04 bits per heavy atom. The van der Waals surface area contributed by atoms with Crippen LogP contribution in [-0.2, 0) is 15.6 Å². The Kier molecular flexibility index (Phi) is 3.97. The third kappa shape index (κ3) is 3.13. The van der Waals surface area contributed by atoms with E-state index in [9.17, 15) is 4.79 Å². The van der Waals surface area contributed by atoms with Crippen LogP contribution in [0.25, 0.3) is 0 Å². The van der Waals surface area contributed by atoms with Gasteiger partial charge in [-0.2, -0.15) is 0 Å². The Morgan fingerprint density at radius 3 is 2.17 bits per heavy atom. The normalized spacial score (nSPS) is 16.0. The fourth-order valence-electron chi connectivity index (χ4n) is 2.87. The van der Waals surface area contributed by atoms with Gasteiger partial charge >= 0.3 is 0 Å². The summed E-state index contributed by atoms with van der Waals surface area (Å²) in [4.78, 5) is 12.8. The van der Waals surface area contributed by atoms with Crippen molar-refractivity contribution in [2.24, 2.45) is 0 Å². The van der Waals surface area contributed by atoms with Crippen LogP contribution in [-0.4, -0.2) is 5.91 Å². The molecule has 120 valence electrons. The van der Waals surface area contributed by atoms with E-state index in [4.69, 9.17) is 11.6 Å². The number of hydrogen-bond acceptors (Lipinski definition) is 1. The van der Waals surface area contributed by atoms with Gasteiger partial charge in [-0.15, -0.1) is 0 Å². The van der Waals surface area contributed by atoms with Crippen molar-refractivity contribution in [3.05, 3.63) is 64.7 Å². The van der Waals surface area contributed by atoms with Crippen LogP contribution in [0.5, 0.6) is 0 Å². The fraction of sp³-hybridized carbons (Fsp3) is 0.350. The molecular formula is C20H22ClNO. The molecule has 1 aliphatic rings. The molecule has 2 aromatic rings. The lowest BCUT2D eigenvalue weighted by atomic mass is 9.85. The first kappa shape index (κ1) is 16.1. The van der Waals surface area contributed by atoms with E-state index in [0.29, 0.717) is 10.7 Å². The molecule has 23 heavy (non-hydrogen) atoms. The van der Waals surface area contributed by atoms with Crippen molar-refractivity contribution in [1.82, 2.24) is 0 Å². The van der Waals surface area contributed by atoms with Crippen LogP contribution >= 0.6 is 11.6 Å². The Bertz CT molecular complexity index is 724. The van der Waals surface area contributed by atoms with Gasteiger partial charge in [0.15, 0.2) is 0 Å². The molecule has 1 saturated carbocycles. The maximum absolute atomic E-state index is 12.8. The molecule has 0 saturated heterocycles. The molecule has 0 spiro atoms. The average Bonchev–Trinajstić information content (AvgIpc) is 3.31. The van der Waals surface area contributed by atoms with Crippen molar-refractivity contribution in [3.63, 3.8) is 0 Å². The van der Waals surface area contributed by atoms with E-state index >= 15 is 0 Å². The van der Waals surface area contributed by atoms with Gasteiger partial charge in [0, 0.05) is 0 Å². The summed E-state index contributed by atoms with van der Waals surface area (Å²) in [7, 11) is 0. The number of carbonyl (C=O) groups is 1. The number of amides is 1. The Morgan fingerprint density at radius 2 is 1.65 bits per heavy atom. The van der Waals surface area contributed by atoms with E-state index in [1.807, 2.05) is 18.2 Å². The first-order chi connectivity index (χ1) is 10.8. The minimum atomic E-state index is -0.393. The van der Waals surface area contributed by atoms with Crippen LogP contribution in [0, 0.1) is 0 Å². The van der Waals surface area contributed by atoms with Gasteiger partial charge < -0.3 is 5.32 Å². The molecule has 1 aliphatic carbocycles. The number of hydrogen-bond donors (Lipinski definition) is 1. The second kappa shape index (κ2) is 5.68. The fourth-order valence-corrected chi connectivity index (χ4v) is 3.05. The van der Waals surface area contributed by atoms with E-state index < -0.39 is 5.41 Å². The Hall–Kier alpha value is -1.80. The molecule has 0 radical (unpaired) electrons. The zero-order valence-electron chi connectivity index (χ0n) is 13.8. The van der Waals surface area contributed by atoms with Crippen LogP contribution in [0.1, 0.15) is 44.7 Å². The quantitative estimate of drug-likeness (QED) is 0.813. The summed E-state index contributed by atoms with van der Waals surface area (Å²) >= 11 is 6.14. The first-order valence-corrected chi connectivity index (χ1v) is 8.38. The van der Waals surface area contributed by atoms with Crippen LogP contribution in [0.3, 0.4) is 0 Å². The molecule has 0 aromatic heterocycles. The van der Waals surface area contributed by atoms with Crippen molar-refractivity contribution < 1.29 is 4.79 Å². The third-order valence-corrected chi connectivity index (χ3v) is 4.94. The molecule has 0 bridgehead atoms. The number of para-hydroxylation sites is 1. The lowest BCUT2D eigenvalue weighted by molar-refractivity contribution is -0.118. The number of rotatable bonds is 3. The molecule has 1 amide bonds. The monoisotopic (exact) mass is 327 g/mol. The highest BCUT2D eigenvalue weighted by atomic mass is 35.5. The number of carbonyl (C=O) groups excluding carboxylic acids is 1. The van der Waals surface area contributed by atoms with Gasteiger partial charge in [0.05, 0.1) is 16.1 Å². The number of nitrogens with one attached hydrogen (secondary N) is 1. The highest BCUT2D eigenvalue weighted by Gasteiger charge is 2.51. The summed E-state index contributed by atoms with van der Waals surface area (Å²) in [5, 5.41) is 3.55. The molecule has 3 rings (SSSR count). The Labute approximate surface area is 142 Å². The molecule has 1 fully saturated rings. The van der Waals surface area contributed by atoms with E-state index in [0.717, 1.165) is 18.4 Å². The van der Waals surface area contributed by atoms with Gasteiger partial charge in [-0.1, -0.05) is 68.8 Å². The lowest BCUT2D eigenvalue weighted by Gasteiger charge is -2.21. The predicted molar refractivity (Wildman–Crippen MR) is 96.1 cm³/mol. The molecule has 2 nitrogen and oxygen atoms in total. The highest BCUT2D eigenvalue weighted by Crippen LogP contribution is 2.49. The second-order valence-electron chi connectivity index (χ2n) is 7.34. The minimum Gasteiger partial charge on any atom is -0.324 e. The van der Waals surface area contributed by atoms with Crippen LogP contribution in [0.4, 0.5) is 5.69 Å². The smallest absolute Gasteiger partial charge is 0.235 e. The maximum atomic E-state index is 12.8. The molecule has 0 aliphatic heterocycles. The van der Waals surface area contributed by atoms with Gasteiger partial charge in [0.1, 0.15) is 0 Å². The van der Waals surface area contributed by atoms with Gasteiger partial charge in [-0.25, -0.2) is 0 Å². The van der Waals surface area contributed by atoms with E-state index in [1.165, 1.54) is 5.56 Å². The molecule has 1 N–H and O–H groups in total. The number of anilines is 1. The summed E-state index contributed by atoms with van der Waals surface area (Å²) in [6.45, 7) is 6.58. The predicted octanol–water partition coefficient (Wildman–Crippen LogP) is 5.31. The number of halogens is 1. The van der Waals surface area contributed by atoms with Crippen LogP contribution in [0.2, 0.25) is 5.02 Å². The topological polar surface area (TPSA) is 29.1 Å². The zero-order valence-corrected chi connectivity index (χ0v) is 14.6. The van der Waals surface area contributed by atoms with Crippen molar-refractivity contribution in [2.45, 2.75) is 44.4 Å². The summed E-state index contributed by atoms with van der Waals surface area (Å²) in [6.07, 6.45) is 1.77. The summed E-state index contributed by atoms with van der Waals surface area (Å²) < 4.78 is 0. The van der Waals surface area contributed by atoms with Crippen LogP contribution < -0.4 is 5.32 Å². The molecule has 3 heteroatoms. The third-order valence-electron chi connectivity index (χ3n) is 4.61. The summed E-state index contributed by atoms with van der Waals surface area (Å²) in [6, 6.07) is 15.8. The van der Waals surface area contributed by atoms with Crippen molar-refractivity contribution >= 4 is 23.2 Å². The maximum Gasteiger partial charge on any atom is 0.235 e. The minimum absolute atomic E-state index is 0.0362. The van der Waals surface area contributed by atoms with Gasteiger partial charge in [0.25, 0.3) is 0 Å². The van der Waals surface area contributed by atoms with Crippen molar-refractivity contribution in [2.75, 3.05) is 5.32 Å². The largest absolute Gasteiger partial charge is 0.324 e. The van der Waals surface area contributed by atoms with Gasteiger partial charge in [-0.3, -0.25) is 4.79 Å². The van der Waals surface area contributed by atoms with E-state index in [2.05, 4.69) is 50.4 Å². The van der Waals surface area contributed by atoms with Gasteiger partial charge in [0.2, 0.25) is 5.91 Å². The van der Waals surface area contributed by atoms with E-state index in [1.54, 1.807) is 6.07 Å². The molecular weight excluding hydrogens is 306 g/mol. The summed E-state index contributed by atoms with van der Waals surface area (Å²) in [5.41, 5.74) is 2.78. The van der Waals surface area contributed by atoms with Crippen molar-refractivity contribution in [3.8, 4) is 0 Å². The molecule has 0 atom stereocenters. The average molecular weight is 328 g/mol.